The Labute approximate surface area is 75.2 Å². The molecule has 0 saturated carbocycles. The number of rotatable bonds is 2. The lowest BCUT2D eigenvalue weighted by Crippen LogP contribution is -2.16. The molecule has 0 fully saturated rings. The summed E-state index contributed by atoms with van der Waals surface area (Å²) in [4.78, 5) is 0. The monoisotopic (exact) mass is 180 g/mol. The molecule has 0 heterocycles. The predicted octanol–water partition coefficient (Wildman–Crippen LogP) is 0.689. The highest BCUT2D eigenvalue weighted by molar-refractivity contribution is 5.40. The summed E-state index contributed by atoms with van der Waals surface area (Å²) in [6.07, 6.45) is 0. The van der Waals surface area contributed by atoms with Gasteiger partial charge in [-0.1, -0.05) is 12.1 Å². The number of hydrogen-bond acceptors (Lipinski definition) is 3. The van der Waals surface area contributed by atoms with Gasteiger partial charge in [0.05, 0.1) is 18.2 Å². The van der Waals surface area contributed by atoms with Crippen molar-refractivity contribution in [3.05, 3.63) is 35.1 Å². The molecule has 0 unspecified atom stereocenters. The average molecular weight is 180 g/mol. The summed E-state index contributed by atoms with van der Waals surface area (Å²) in [7, 11) is 0. The van der Waals surface area contributed by atoms with Crippen LogP contribution in [0, 0.1) is 17.1 Å². The van der Waals surface area contributed by atoms with Crippen LogP contribution in [0.2, 0.25) is 0 Å². The van der Waals surface area contributed by atoms with Crippen molar-refractivity contribution in [1.29, 1.82) is 5.26 Å². The highest BCUT2D eigenvalue weighted by atomic mass is 19.1. The molecule has 0 aliphatic heterocycles. The Morgan fingerprint density at radius 1 is 1.62 bits per heavy atom. The maximum Gasteiger partial charge on any atom is 0.141 e. The molecule has 1 aromatic rings. The molecule has 0 bridgehead atoms. The average Bonchev–Trinajstić information content (AvgIpc) is 2.16. The van der Waals surface area contributed by atoms with E-state index < -0.39 is 11.9 Å². The van der Waals surface area contributed by atoms with Gasteiger partial charge in [-0.25, -0.2) is 4.39 Å². The van der Waals surface area contributed by atoms with Gasteiger partial charge in [-0.05, 0) is 11.6 Å². The van der Waals surface area contributed by atoms with E-state index in [-0.39, 0.29) is 12.2 Å². The minimum Gasteiger partial charge on any atom is -0.394 e. The minimum absolute atomic E-state index is 0.0935. The Morgan fingerprint density at radius 3 is 2.85 bits per heavy atom. The van der Waals surface area contributed by atoms with Crippen LogP contribution in [-0.4, -0.2) is 11.7 Å². The minimum atomic E-state index is -0.703. The van der Waals surface area contributed by atoms with Crippen molar-refractivity contribution in [1.82, 2.24) is 0 Å². The van der Waals surface area contributed by atoms with Crippen LogP contribution in [0.5, 0.6) is 0 Å². The molecule has 4 heteroatoms. The summed E-state index contributed by atoms with van der Waals surface area (Å²) >= 11 is 0. The molecule has 0 spiro atoms. The molecule has 1 aromatic carbocycles. The van der Waals surface area contributed by atoms with E-state index in [4.69, 9.17) is 16.1 Å². The van der Waals surface area contributed by atoms with Crippen LogP contribution in [0.4, 0.5) is 4.39 Å². The van der Waals surface area contributed by atoms with Crippen molar-refractivity contribution in [2.45, 2.75) is 6.04 Å². The van der Waals surface area contributed by atoms with E-state index in [1.165, 1.54) is 18.2 Å². The lowest BCUT2D eigenvalue weighted by Gasteiger charge is -2.10. The van der Waals surface area contributed by atoms with Crippen LogP contribution in [-0.2, 0) is 0 Å². The van der Waals surface area contributed by atoms with E-state index in [1.807, 2.05) is 0 Å². The zero-order chi connectivity index (χ0) is 9.84. The van der Waals surface area contributed by atoms with E-state index in [1.54, 1.807) is 6.07 Å². The molecule has 0 amide bonds. The van der Waals surface area contributed by atoms with E-state index in [2.05, 4.69) is 0 Å². The Hall–Kier alpha value is -1.44. The van der Waals surface area contributed by atoms with Crippen molar-refractivity contribution < 1.29 is 9.50 Å². The number of aliphatic hydroxyl groups is 1. The number of nitriles is 1. The number of hydrogen-bond donors (Lipinski definition) is 2. The predicted molar refractivity (Wildman–Crippen MR) is 45.1 cm³/mol. The first kappa shape index (κ1) is 9.65. The van der Waals surface area contributed by atoms with Crippen molar-refractivity contribution in [2.24, 2.45) is 5.73 Å². The first-order valence-electron chi connectivity index (χ1n) is 3.75. The largest absolute Gasteiger partial charge is 0.394 e. The smallest absolute Gasteiger partial charge is 0.141 e. The lowest BCUT2D eigenvalue weighted by atomic mass is 10.0. The Bertz CT molecular complexity index is 346. The molecule has 3 nitrogen and oxygen atoms in total. The fourth-order valence-electron chi connectivity index (χ4n) is 1.07. The molecule has 0 saturated heterocycles. The van der Waals surface area contributed by atoms with E-state index >= 15 is 0 Å². The van der Waals surface area contributed by atoms with Crippen molar-refractivity contribution in [2.75, 3.05) is 6.61 Å². The van der Waals surface area contributed by atoms with Gasteiger partial charge in [-0.15, -0.1) is 0 Å². The maximum absolute atomic E-state index is 13.0. The van der Waals surface area contributed by atoms with Crippen LogP contribution in [0.25, 0.3) is 0 Å². The standard InChI is InChI=1S/C9H9FN2O/c10-8-3-1-2-6(7(8)4-11)9(12)5-13/h1-3,9,13H,5,12H2/t9-/m1/s1. The topological polar surface area (TPSA) is 70.0 Å². The molecule has 0 aliphatic carbocycles. The van der Waals surface area contributed by atoms with Gasteiger partial charge in [-0.3, -0.25) is 0 Å². The molecule has 0 aromatic heterocycles. The van der Waals surface area contributed by atoms with Gasteiger partial charge in [0.25, 0.3) is 0 Å². The molecular formula is C9H9FN2O. The highest BCUT2D eigenvalue weighted by Gasteiger charge is 2.12. The summed E-state index contributed by atoms with van der Waals surface area (Å²) in [5.41, 5.74) is 5.72. The first-order valence-corrected chi connectivity index (χ1v) is 3.75. The molecule has 1 atom stereocenters. The van der Waals surface area contributed by atoms with Gasteiger partial charge >= 0.3 is 0 Å². The summed E-state index contributed by atoms with van der Waals surface area (Å²) in [6, 6.07) is 5.19. The molecule has 1 rings (SSSR count). The Balaban J connectivity index is 3.22. The SMILES string of the molecule is N#Cc1c(F)cccc1[C@H](N)CO. The van der Waals surface area contributed by atoms with Gasteiger partial charge in [0.15, 0.2) is 0 Å². The second kappa shape index (κ2) is 3.99. The third-order valence-electron chi connectivity index (χ3n) is 1.75. The van der Waals surface area contributed by atoms with E-state index in [0.717, 1.165) is 0 Å². The fourth-order valence-corrected chi connectivity index (χ4v) is 1.07. The molecule has 3 N–H and O–H groups in total. The summed E-state index contributed by atoms with van der Waals surface area (Å²) in [5, 5.41) is 17.4. The molecule has 68 valence electrons. The summed E-state index contributed by atoms with van der Waals surface area (Å²) in [5.74, 6) is -0.607. The third-order valence-corrected chi connectivity index (χ3v) is 1.75. The van der Waals surface area contributed by atoms with Gasteiger partial charge in [0, 0.05) is 0 Å². The summed E-state index contributed by atoms with van der Waals surface area (Å²) < 4.78 is 13.0. The van der Waals surface area contributed by atoms with Gasteiger partial charge in [0.2, 0.25) is 0 Å². The van der Waals surface area contributed by atoms with Crippen LogP contribution in [0.1, 0.15) is 17.2 Å². The maximum atomic E-state index is 13.0. The number of nitrogens with two attached hydrogens (primary N) is 1. The first-order chi connectivity index (χ1) is 6.20. The van der Waals surface area contributed by atoms with Crippen LogP contribution in [0.3, 0.4) is 0 Å². The second-order valence-corrected chi connectivity index (χ2v) is 2.60. The third kappa shape index (κ3) is 1.83. The van der Waals surface area contributed by atoms with Crippen LogP contribution < -0.4 is 5.73 Å². The van der Waals surface area contributed by atoms with E-state index in [0.29, 0.717) is 5.56 Å². The number of nitrogens with zero attached hydrogens (tertiary/aromatic N) is 1. The quantitative estimate of drug-likeness (QED) is 0.703. The number of halogens is 1. The zero-order valence-corrected chi connectivity index (χ0v) is 6.87. The Kier molecular flexibility index (Phi) is 2.96. The lowest BCUT2D eigenvalue weighted by molar-refractivity contribution is 0.267. The summed E-state index contributed by atoms with van der Waals surface area (Å²) in [6.45, 7) is -0.307. The second-order valence-electron chi connectivity index (χ2n) is 2.60. The zero-order valence-electron chi connectivity index (χ0n) is 6.87. The van der Waals surface area contributed by atoms with Gasteiger partial charge < -0.3 is 10.8 Å². The van der Waals surface area contributed by atoms with Gasteiger partial charge in [-0.2, -0.15) is 5.26 Å². The van der Waals surface area contributed by atoms with Crippen LogP contribution in [0.15, 0.2) is 18.2 Å². The fraction of sp³-hybridized carbons (Fsp3) is 0.222. The highest BCUT2D eigenvalue weighted by Crippen LogP contribution is 2.17. The Morgan fingerprint density at radius 2 is 2.31 bits per heavy atom. The molecular weight excluding hydrogens is 171 g/mol. The van der Waals surface area contributed by atoms with Crippen molar-refractivity contribution in [3.8, 4) is 6.07 Å². The number of benzene rings is 1. The molecule has 13 heavy (non-hydrogen) atoms. The van der Waals surface area contributed by atoms with E-state index in [9.17, 15) is 4.39 Å². The van der Waals surface area contributed by atoms with Gasteiger partial charge in [0.1, 0.15) is 11.9 Å². The van der Waals surface area contributed by atoms with Crippen molar-refractivity contribution in [3.63, 3.8) is 0 Å². The molecule has 0 aliphatic rings. The van der Waals surface area contributed by atoms with Crippen molar-refractivity contribution >= 4 is 0 Å². The number of aliphatic hydroxyl groups excluding tert-OH is 1. The molecule has 0 radical (unpaired) electrons. The normalized spacial score (nSPS) is 12.2. The van der Waals surface area contributed by atoms with Crippen LogP contribution >= 0.6 is 0 Å².